The fourth-order valence-corrected chi connectivity index (χ4v) is 0.250. The van der Waals surface area contributed by atoms with Crippen molar-refractivity contribution >= 4 is 45.4 Å². The molecule has 0 aromatic heterocycles. The van der Waals surface area contributed by atoms with E-state index < -0.39 is 0 Å². The van der Waals surface area contributed by atoms with Crippen molar-refractivity contribution in [2.24, 2.45) is 0 Å². The zero-order valence-electron chi connectivity index (χ0n) is 4.13. The quantitative estimate of drug-likeness (QED) is 0.425. The molecule has 0 spiro atoms. The summed E-state index contributed by atoms with van der Waals surface area (Å²) in [5.41, 5.74) is 0. The van der Waals surface area contributed by atoms with Gasteiger partial charge < -0.3 is 4.74 Å². The van der Waals surface area contributed by atoms with Crippen molar-refractivity contribution in [3.63, 3.8) is 0 Å². The van der Waals surface area contributed by atoms with E-state index in [0.717, 1.165) is 0 Å². The molecule has 0 fully saturated rings. The van der Waals surface area contributed by atoms with E-state index in [4.69, 9.17) is 0 Å². The minimum atomic E-state index is 0. The third-order valence-electron chi connectivity index (χ3n) is 0.333. The average Bonchev–Trinajstić information content (AvgIpc) is 1.65. The number of hydrogen-bond donors (Lipinski definition) is 0. The molecule has 2 radical (unpaired) electrons. The van der Waals surface area contributed by atoms with Gasteiger partial charge in [0, 0.05) is 17.1 Å². The summed E-state index contributed by atoms with van der Waals surface area (Å²) in [6, 6.07) is 0. The standard InChI is InChI=1S/C3H6OS2.Se/c1-4-3(5)6-2;/h1-2H3;. The van der Waals surface area contributed by atoms with E-state index in [1.165, 1.54) is 11.8 Å². The second kappa shape index (κ2) is 6.76. The molecule has 0 aromatic rings. The first-order valence-electron chi connectivity index (χ1n) is 1.43. The van der Waals surface area contributed by atoms with E-state index in [1.54, 1.807) is 7.11 Å². The Morgan fingerprint density at radius 3 is 2.14 bits per heavy atom. The smallest absolute Gasteiger partial charge is 0.219 e. The molecule has 0 atom stereocenters. The molecule has 0 aliphatic carbocycles. The van der Waals surface area contributed by atoms with Gasteiger partial charge in [0.05, 0.1) is 7.11 Å². The topological polar surface area (TPSA) is 9.23 Å². The van der Waals surface area contributed by atoms with Crippen LogP contribution < -0.4 is 0 Å². The Morgan fingerprint density at radius 2 is 2.14 bits per heavy atom. The van der Waals surface area contributed by atoms with Crippen molar-refractivity contribution in [1.29, 1.82) is 0 Å². The molecule has 0 saturated heterocycles. The largest absolute Gasteiger partial charge is 0.482 e. The number of methoxy groups -OCH3 is 1. The first kappa shape index (κ1) is 10.7. The monoisotopic (exact) mass is 202 g/mol. The molecule has 1 nitrogen and oxygen atoms in total. The molecule has 0 heterocycles. The minimum Gasteiger partial charge on any atom is -0.482 e. The van der Waals surface area contributed by atoms with Gasteiger partial charge in [0.2, 0.25) is 4.38 Å². The third kappa shape index (κ3) is 6.76. The van der Waals surface area contributed by atoms with Gasteiger partial charge in [0.1, 0.15) is 0 Å². The first-order chi connectivity index (χ1) is 2.81. The number of thiocarbonyl (C=S) groups is 1. The SMILES string of the molecule is COC(=S)SC.[Se]. The number of rotatable bonds is 0. The van der Waals surface area contributed by atoms with E-state index >= 15 is 0 Å². The summed E-state index contributed by atoms with van der Waals surface area (Å²) in [4.78, 5) is 0. The molecule has 4 heteroatoms. The van der Waals surface area contributed by atoms with Crippen molar-refractivity contribution in [1.82, 2.24) is 0 Å². The van der Waals surface area contributed by atoms with E-state index in [2.05, 4.69) is 17.0 Å². The normalized spacial score (nSPS) is 6.57. The van der Waals surface area contributed by atoms with Crippen LogP contribution in [0.5, 0.6) is 0 Å². The summed E-state index contributed by atoms with van der Waals surface area (Å²) in [5, 5.41) is 0. The summed E-state index contributed by atoms with van der Waals surface area (Å²) in [5.74, 6) is 0. The van der Waals surface area contributed by atoms with E-state index in [-0.39, 0.29) is 17.1 Å². The number of hydrogen-bond acceptors (Lipinski definition) is 3. The zero-order chi connectivity index (χ0) is 4.99. The predicted molar refractivity (Wildman–Crippen MR) is 38.9 cm³/mol. The average molecular weight is 201 g/mol. The van der Waals surface area contributed by atoms with Gasteiger partial charge in [-0.1, -0.05) is 11.8 Å². The molecule has 0 aliphatic heterocycles. The summed E-state index contributed by atoms with van der Waals surface area (Å²) < 4.78 is 5.19. The van der Waals surface area contributed by atoms with Crippen molar-refractivity contribution < 1.29 is 4.74 Å². The Hall–Kier alpha value is 0.759. The molecule has 0 unspecified atom stereocenters. The van der Waals surface area contributed by atoms with Gasteiger partial charge in [-0.05, 0) is 18.5 Å². The van der Waals surface area contributed by atoms with Crippen molar-refractivity contribution in [3.8, 4) is 0 Å². The van der Waals surface area contributed by atoms with Gasteiger partial charge in [-0.2, -0.15) is 0 Å². The van der Waals surface area contributed by atoms with Crippen LogP contribution in [-0.4, -0.2) is 34.8 Å². The fraction of sp³-hybridized carbons (Fsp3) is 0.667. The van der Waals surface area contributed by atoms with Crippen LogP contribution in [0.2, 0.25) is 0 Å². The van der Waals surface area contributed by atoms with Crippen molar-refractivity contribution in [2.75, 3.05) is 13.4 Å². The van der Waals surface area contributed by atoms with Crippen LogP contribution in [0.15, 0.2) is 0 Å². The zero-order valence-corrected chi connectivity index (χ0v) is 7.48. The fourth-order valence-electron chi connectivity index (χ4n) is 0.0833. The van der Waals surface area contributed by atoms with Gasteiger partial charge in [0.15, 0.2) is 0 Å². The molecule has 0 N–H and O–H groups in total. The van der Waals surface area contributed by atoms with Crippen LogP contribution >= 0.6 is 24.0 Å². The molecule has 0 bridgehead atoms. The molecule has 0 amide bonds. The molecule has 42 valence electrons. The Labute approximate surface area is 63.7 Å². The summed E-state index contributed by atoms with van der Waals surface area (Å²) >= 11 is 6.03. The first-order valence-corrected chi connectivity index (χ1v) is 3.06. The van der Waals surface area contributed by atoms with Crippen LogP contribution in [0.3, 0.4) is 0 Å². The number of ether oxygens (including phenoxy) is 1. The molecule has 7 heavy (non-hydrogen) atoms. The van der Waals surface area contributed by atoms with Crippen LogP contribution in [-0.2, 0) is 4.74 Å². The van der Waals surface area contributed by atoms with Gasteiger partial charge in [-0.25, -0.2) is 0 Å². The number of thioether (sulfide) groups is 1. The van der Waals surface area contributed by atoms with Gasteiger partial charge in [-0.15, -0.1) is 0 Å². The van der Waals surface area contributed by atoms with Gasteiger partial charge in [0.25, 0.3) is 0 Å². The molecular weight excluding hydrogens is 195 g/mol. The van der Waals surface area contributed by atoms with Crippen molar-refractivity contribution in [3.05, 3.63) is 0 Å². The third-order valence-corrected chi connectivity index (χ3v) is 1.50. The Bertz CT molecular complexity index is 50.9. The summed E-state index contributed by atoms with van der Waals surface area (Å²) in [6.45, 7) is 0. The molecule has 0 aromatic carbocycles. The predicted octanol–water partition coefficient (Wildman–Crippen LogP) is 0.900. The minimum absolute atomic E-state index is 0. The molecular formula is C3H6OS2Se. The van der Waals surface area contributed by atoms with Crippen molar-refractivity contribution in [2.45, 2.75) is 0 Å². The maximum Gasteiger partial charge on any atom is 0.219 e. The second-order valence-corrected chi connectivity index (χ2v) is 2.07. The van der Waals surface area contributed by atoms with Crippen LogP contribution in [0.4, 0.5) is 0 Å². The maximum atomic E-state index is 4.60. The second-order valence-electron chi connectivity index (χ2n) is 0.658. The van der Waals surface area contributed by atoms with Gasteiger partial charge >= 0.3 is 0 Å². The Kier molecular flexibility index (Phi) is 10.3. The van der Waals surface area contributed by atoms with E-state index in [1.807, 2.05) is 6.26 Å². The maximum absolute atomic E-state index is 4.60. The molecule has 0 aliphatic rings. The summed E-state index contributed by atoms with van der Waals surface area (Å²) in [7, 11) is 1.57. The van der Waals surface area contributed by atoms with Crippen LogP contribution in [0.1, 0.15) is 0 Å². The molecule has 0 saturated carbocycles. The van der Waals surface area contributed by atoms with E-state index in [0.29, 0.717) is 4.38 Å². The van der Waals surface area contributed by atoms with Crippen LogP contribution in [0.25, 0.3) is 0 Å². The Morgan fingerprint density at radius 1 is 1.71 bits per heavy atom. The Balaban J connectivity index is 0. The van der Waals surface area contributed by atoms with E-state index in [9.17, 15) is 0 Å². The van der Waals surface area contributed by atoms with Gasteiger partial charge in [-0.3, -0.25) is 0 Å². The molecule has 0 rings (SSSR count). The summed E-state index contributed by atoms with van der Waals surface area (Å²) in [6.07, 6.45) is 1.88. The van der Waals surface area contributed by atoms with Crippen LogP contribution in [0, 0.1) is 0 Å².